The fourth-order valence-electron chi connectivity index (χ4n) is 2.51. The second kappa shape index (κ2) is 6.83. The summed E-state index contributed by atoms with van der Waals surface area (Å²) in [4.78, 5) is 20.3. The Morgan fingerprint density at radius 1 is 1.35 bits per heavy atom. The third-order valence-corrected chi connectivity index (χ3v) is 6.36. The molecule has 0 spiro atoms. The molecule has 7 nitrogen and oxygen atoms in total. The van der Waals surface area contributed by atoms with Crippen molar-refractivity contribution in [3.8, 4) is 17.0 Å². The summed E-state index contributed by atoms with van der Waals surface area (Å²) in [6, 6.07) is 1.69. The van der Waals surface area contributed by atoms with Crippen LogP contribution in [0.25, 0.3) is 11.3 Å². The summed E-state index contributed by atoms with van der Waals surface area (Å²) in [7, 11) is -1.97. The van der Waals surface area contributed by atoms with Crippen LogP contribution in [0.4, 0.5) is 0 Å². The van der Waals surface area contributed by atoms with Gasteiger partial charge >= 0.3 is 0 Å². The van der Waals surface area contributed by atoms with E-state index in [2.05, 4.69) is 9.97 Å². The van der Waals surface area contributed by atoms with Crippen molar-refractivity contribution in [1.29, 1.82) is 0 Å². The molecular formula is C18H23N3O4S. The number of ether oxygens (including phenoxy) is 1. The van der Waals surface area contributed by atoms with Gasteiger partial charge in [-0.3, -0.25) is 4.79 Å². The lowest BCUT2D eigenvalue weighted by Gasteiger charge is -2.14. The lowest BCUT2D eigenvalue weighted by atomic mass is 10.1. The van der Waals surface area contributed by atoms with Crippen LogP contribution in [-0.2, 0) is 16.9 Å². The second-order valence-corrected chi connectivity index (χ2v) is 9.44. The molecule has 1 saturated carbocycles. The van der Waals surface area contributed by atoms with Crippen molar-refractivity contribution in [3.63, 3.8) is 0 Å². The molecule has 2 aromatic heterocycles. The number of sulfone groups is 1. The Bertz CT molecular complexity index is 966. The Hall–Kier alpha value is -2.22. The van der Waals surface area contributed by atoms with Crippen LogP contribution in [0.3, 0.4) is 0 Å². The summed E-state index contributed by atoms with van der Waals surface area (Å²) in [6.45, 7) is 5.44. The number of aromatic nitrogens is 3. The van der Waals surface area contributed by atoms with Gasteiger partial charge in [-0.1, -0.05) is 0 Å². The van der Waals surface area contributed by atoms with Crippen molar-refractivity contribution >= 4 is 9.84 Å². The van der Waals surface area contributed by atoms with Crippen LogP contribution >= 0.6 is 0 Å². The second-order valence-electron chi connectivity index (χ2n) is 7.04. The van der Waals surface area contributed by atoms with Gasteiger partial charge in [0.25, 0.3) is 5.56 Å². The standard InChI is InChI=1S/C18H23N3O4S/c1-11(2)26(23,24)18-19-8-15(25-10-13-5-6-13)16(20-18)14-7-12(3)17(22)21(4)9-14/h7-9,11,13H,5-6,10H2,1-4H3. The number of hydrogen-bond acceptors (Lipinski definition) is 6. The van der Waals surface area contributed by atoms with Crippen molar-refractivity contribution in [2.45, 2.75) is 44.0 Å². The van der Waals surface area contributed by atoms with Gasteiger partial charge in [-0.25, -0.2) is 18.4 Å². The van der Waals surface area contributed by atoms with Gasteiger partial charge in [0.1, 0.15) is 5.69 Å². The van der Waals surface area contributed by atoms with Gasteiger partial charge in [0, 0.05) is 24.4 Å². The lowest BCUT2D eigenvalue weighted by Crippen LogP contribution is -2.20. The summed E-state index contributed by atoms with van der Waals surface area (Å²) in [5.41, 5.74) is 1.44. The molecule has 1 aliphatic carbocycles. The molecule has 0 amide bonds. The zero-order chi connectivity index (χ0) is 19.1. The lowest BCUT2D eigenvalue weighted by molar-refractivity contribution is 0.298. The maximum absolute atomic E-state index is 12.5. The van der Waals surface area contributed by atoms with Gasteiger partial charge in [0.2, 0.25) is 15.0 Å². The highest BCUT2D eigenvalue weighted by atomic mass is 32.2. The van der Waals surface area contributed by atoms with E-state index in [4.69, 9.17) is 4.74 Å². The fraction of sp³-hybridized carbons (Fsp3) is 0.500. The molecule has 3 rings (SSSR count). The number of aryl methyl sites for hydroxylation is 2. The van der Waals surface area contributed by atoms with Crippen LogP contribution in [0, 0.1) is 12.8 Å². The minimum Gasteiger partial charge on any atom is -0.489 e. The maximum atomic E-state index is 12.5. The first-order valence-electron chi connectivity index (χ1n) is 8.61. The van der Waals surface area contributed by atoms with Gasteiger partial charge in [0.05, 0.1) is 18.1 Å². The molecule has 0 radical (unpaired) electrons. The summed E-state index contributed by atoms with van der Waals surface area (Å²) in [5.74, 6) is 0.960. The highest BCUT2D eigenvalue weighted by Crippen LogP contribution is 2.33. The van der Waals surface area contributed by atoms with E-state index in [-0.39, 0.29) is 10.7 Å². The Balaban J connectivity index is 2.13. The van der Waals surface area contributed by atoms with Crippen LogP contribution in [0.5, 0.6) is 5.75 Å². The van der Waals surface area contributed by atoms with E-state index < -0.39 is 15.1 Å². The van der Waals surface area contributed by atoms with Gasteiger partial charge in [-0.15, -0.1) is 0 Å². The first kappa shape index (κ1) is 18.6. The molecule has 0 aliphatic heterocycles. The van der Waals surface area contributed by atoms with Gasteiger partial charge in [-0.05, 0) is 45.6 Å². The molecule has 0 saturated heterocycles. The average Bonchev–Trinajstić information content (AvgIpc) is 3.41. The Morgan fingerprint density at radius 3 is 2.62 bits per heavy atom. The van der Waals surface area contributed by atoms with E-state index in [1.165, 1.54) is 10.8 Å². The zero-order valence-corrected chi connectivity index (χ0v) is 16.2. The van der Waals surface area contributed by atoms with Crippen molar-refractivity contribution in [2.75, 3.05) is 6.61 Å². The van der Waals surface area contributed by atoms with E-state index in [1.54, 1.807) is 40.1 Å². The fourth-order valence-corrected chi connectivity index (χ4v) is 3.35. The molecule has 140 valence electrons. The average molecular weight is 377 g/mol. The molecular weight excluding hydrogens is 354 g/mol. The molecule has 0 unspecified atom stereocenters. The Labute approximate surface area is 153 Å². The third-order valence-electron chi connectivity index (χ3n) is 4.42. The zero-order valence-electron chi connectivity index (χ0n) is 15.4. The van der Waals surface area contributed by atoms with Crippen molar-refractivity contribution in [3.05, 3.63) is 34.4 Å². The summed E-state index contributed by atoms with van der Waals surface area (Å²) < 4.78 is 32.2. The van der Waals surface area contributed by atoms with E-state index in [1.807, 2.05) is 0 Å². The van der Waals surface area contributed by atoms with Gasteiger partial charge in [0.15, 0.2) is 5.75 Å². The predicted molar refractivity (Wildman–Crippen MR) is 98.0 cm³/mol. The molecule has 26 heavy (non-hydrogen) atoms. The van der Waals surface area contributed by atoms with E-state index in [0.717, 1.165) is 12.8 Å². The summed E-state index contributed by atoms with van der Waals surface area (Å²) >= 11 is 0. The SMILES string of the molecule is Cc1cc(-c2nc(S(=O)(=O)C(C)C)ncc2OCC2CC2)cn(C)c1=O. The van der Waals surface area contributed by atoms with Crippen molar-refractivity contribution in [2.24, 2.45) is 13.0 Å². The normalized spacial score (nSPS) is 14.7. The topological polar surface area (TPSA) is 91.2 Å². The smallest absolute Gasteiger partial charge is 0.253 e. The molecule has 8 heteroatoms. The summed E-state index contributed by atoms with van der Waals surface area (Å²) in [6.07, 6.45) is 5.32. The van der Waals surface area contributed by atoms with Gasteiger partial charge in [-0.2, -0.15) is 0 Å². The van der Waals surface area contributed by atoms with Crippen LogP contribution in [0.1, 0.15) is 32.3 Å². The molecule has 1 fully saturated rings. The monoisotopic (exact) mass is 377 g/mol. The van der Waals surface area contributed by atoms with Crippen LogP contribution in [-0.4, -0.2) is 34.8 Å². The molecule has 0 atom stereocenters. The number of hydrogen-bond donors (Lipinski definition) is 0. The number of nitrogens with zero attached hydrogens (tertiary/aromatic N) is 3. The van der Waals surface area contributed by atoms with Gasteiger partial charge < -0.3 is 9.30 Å². The van der Waals surface area contributed by atoms with E-state index in [0.29, 0.717) is 35.1 Å². The van der Waals surface area contributed by atoms with E-state index >= 15 is 0 Å². The van der Waals surface area contributed by atoms with E-state index in [9.17, 15) is 13.2 Å². The Kier molecular flexibility index (Phi) is 4.88. The first-order valence-corrected chi connectivity index (χ1v) is 10.2. The van der Waals surface area contributed by atoms with Crippen LogP contribution in [0.2, 0.25) is 0 Å². The largest absolute Gasteiger partial charge is 0.489 e. The molecule has 2 heterocycles. The molecule has 0 N–H and O–H groups in total. The first-order chi connectivity index (χ1) is 12.2. The van der Waals surface area contributed by atoms with Crippen molar-refractivity contribution in [1.82, 2.24) is 14.5 Å². The molecule has 0 aromatic carbocycles. The highest BCUT2D eigenvalue weighted by molar-refractivity contribution is 7.91. The predicted octanol–water partition coefficient (Wildman–Crippen LogP) is 2.12. The molecule has 2 aromatic rings. The number of pyridine rings is 1. The summed E-state index contributed by atoms with van der Waals surface area (Å²) in [5, 5.41) is -0.858. The quantitative estimate of drug-likeness (QED) is 0.716. The maximum Gasteiger partial charge on any atom is 0.253 e. The molecule has 1 aliphatic rings. The van der Waals surface area contributed by atoms with Crippen LogP contribution in [0.15, 0.2) is 28.4 Å². The van der Waals surface area contributed by atoms with Crippen molar-refractivity contribution < 1.29 is 13.2 Å². The van der Waals surface area contributed by atoms with Crippen LogP contribution < -0.4 is 10.3 Å². The highest BCUT2D eigenvalue weighted by Gasteiger charge is 2.26. The minimum absolute atomic E-state index is 0.113. The third kappa shape index (κ3) is 3.65. The Morgan fingerprint density at radius 2 is 2.04 bits per heavy atom. The number of rotatable bonds is 6. The molecule has 0 bridgehead atoms. The minimum atomic E-state index is -3.62.